The minimum Gasteiger partial charge on any atom is -0.454 e. The molecule has 0 aliphatic heterocycles. The molecule has 0 aliphatic rings. The van der Waals surface area contributed by atoms with E-state index in [1.807, 2.05) is 25.1 Å². The van der Waals surface area contributed by atoms with E-state index in [-0.39, 0.29) is 11.5 Å². The van der Waals surface area contributed by atoms with Crippen LogP contribution in [0, 0.1) is 18.7 Å². The number of ether oxygens (including phenoxy) is 1. The predicted molar refractivity (Wildman–Crippen MR) is 116 cm³/mol. The van der Waals surface area contributed by atoms with E-state index in [9.17, 15) is 18.8 Å². The largest absolute Gasteiger partial charge is 0.454 e. The molecular weight excluding hydrogens is 421 g/mol. The first kappa shape index (κ1) is 22.4. The number of carbonyl (C=O) groups excluding carboxylic acids is 3. The first-order valence-electron chi connectivity index (χ1n) is 9.63. The Morgan fingerprint density at radius 3 is 2.52 bits per heavy atom. The van der Waals surface area contributed by atoms with E-state index in [1.165, 1.54) is 23.5 Å². The summed E-state index contributed by atoms with van der Waals surface area (Å²) < 4.78 is 19.1. The molecule has 0 fully saturated rings. The maximum absolute atomic E-state index is 13.0. The number of nitrogens with zero attached hydrogens (tertiary/aromatic N) is 1. The highest BCUT2D eigenvalue weighted by atomic mass is 32.1. The van der Waals surface area contributed by atoms with Crippen molar-refractivity contribution in [2.45, 2.75) is 26.8 Å². The lowest BCUT2D eigenvalue weighted by Crippen LogP contribution is -2.45. The molecule has 0 bridgehead atoms. The third-order valence-corrected chi connectivity index (χ3v) is 5.38. The van der Waals surface area contributed by atoms with Crippen molar-refractivity contribution in [2.75, 3.05) is 11.9 Å². The van der Waals surface area contributed by atoms with Gasteiger partial charge in [-0.2, -0.15) is 0 Å². The third kappa shape index (κ3) is 5.85. The van der Waals surface area contributed by atoms with Gasteiger partial charge in [0.2, 0.25) is 0 Å². The minimum absolute atomic E-state index is 0.212. The van der Waals surface area contributed by atoms with E-state index in [0.717, 1.165) is 27.9 Å². The van der Waals surface area contributed by atoms with E-state index in [0.29, 0.717) is 5.13 Å². The monoisotopic (exact) mass is 443 g/mol. The number of rotatable bonds is 7. The van der Waals surface area contributed by atoms with Crippen LogP contribution in [0.2, 0.25) is 0 Å². The number of amides is 2. The first-order valence-corrected chi connectivity index (χ1v) is 10.4. The fourth-order valence-electron chi connectivity index (χ4n) is 2.79. The number of halogens is 1. The lowest BCUT2D eigenvalue weighted by Gasteiger charge is -2.20. The van der Waals surface area contributed by atoms with Gasteiger partial charge in [0.25, 0.3) is 11.8 Å². The third-order valence-electron chi connectivity index (χ3n) is 4.45. The second-order valence-electron chi connectivity index (χ2n) is 7.35. The zero-order valence-corrected chi connectivity index (χ0v) is 18.1. The van der Waals surface area contributed by atoms with Crippen molar-refractivity contribution in [3.63, 3.8) is 0 Å². The van der Waals surface area contributed by atoms with Crippen LogP contribution in [0.25, 0.3) is 10.2 Å². The van der Waals surface area contributed by atoms with Crippen molar-refractivity contribution in [1.29, 1.82) is 0 Å². The van der Waals surface area contributed by atoms with Crippen LogP contribution in [0.5, 0.6) is 0 Å². The molecule has 1 heterocycles. The number of thiazole rings is 1. The van der Waals surface area contributed by atoms with Gasteiger partial charge in [0.05, 0.1) is 10.2 Å². The molecule has 0 aliphatic carbocycles. The van der Waals surface area contributed by atoms with E-state index in [1.54, 1.807) is 13.8 Å². The van der Waals surface area contributed by atoms with Gasteiger partial charge in [0, 0.05) is 5.56 Å². The van der Waals surface area contributed by atoms with Gasteiger partial charge in [0.15, 0.2) is 11.7 Å². The molecule has 2 aromatic carbocycles. The number of hydrogen-bond acceptors (Lipinski definition) is 6. The smallest absolute Gasteiger partial charge is 0.329 e. The van der Waals surface area contributed by atoms with Gasteiger partial charge in [-0.1, -0.05) is 31.3 Å². The number of hydrogen-bond donors (Lipinski definition) is 2. The highest BCUT2D eigenvalue weighted by Gasteiger charge is 2.27. The maximum Gasteiger partial charge on any atom is 0.329 e. The molecule has 0 saturated heterocycles. The standard InChI is InChI=1S/C22H22FN3O4S/c1-12(2)19(26-20(28)14-5-7-15(23)8-6-14)21(29)30-11-18(27)25-22-24-16-9-4-13(3)10-17(16)31-22/h4-10,12,19H,11H2,1-3H3,(H,26,28)(H,24,25,27). The summed E-state index contributed by atoms with van der Waals surface area (Å²) in [4.78, 5) is 41.3. The van der Waals surface area contributed by atoms with Gasteiger partial charge in [-0.3, -0.25) is 14.9 Å². The molecule has 9 heteroatoms. The Morgan fingerprint density at radius 1 is 1.13 bits per heavy atom. The summed E-state index contributed by atoms with van der Waals surface area (Å²) in [5.41, 5.74) is 2.07. The SMILES string of the molecule is Cc1ccc2nc(NC(=O)COC(=O)C(NC(=O)c3ccc(F)cc3)C(C)C)sc2c1. The number of anilines is 1. The van der Waals surface area contributed by atoms with Crippen molar-refractivity contribution in [3.8, 4) is 0 Å². The molecular formula is C22H22FN3O4S. The Balaban J connectivity index is 1.56. The Morgan fingerprint density at radius 2 is 1.84 bits per heavy atom. The number of aromatic nitrogens is 1. The summed E-state index contributed by atoms with van der Waals surface area (Å²) in [5.74, 6) is -2.56. The van der Waals surface area contributed by atoms with Crippen LogP contribution in [0.1, 0.15) is 29.8 Å². The van der Waals surface area contributed by atoms with E-state index < -0.39 is 36.2 Å². The molecule has 1 unspecified atom stereocenters. The maximum atomic E-state index is 13.0. The number of esters is 1. The molecule has 3 aromatic rings. The first-order chi connectivity index (χ1) is 14.7. The molecule has 31 heavy (non-hydrogen) atoms. The number of aryl methyl sites for hydroxylation is 1. The molecule has 0 radical (unpaired) electrons. The quantitative estimate of drug-likeness (QED) is 0.543. The average Bonchev–Trinajstić information content (AvgIpc) is 3.11. The molecule has 162 valence electrons. The Bertz CT molecular complexity index is 1110. The fraction of sp³-hybridized carbons (Fsp3) is 0.273. The van der Waals surface area contributed by atoms with Crippen LogP contribution in [0.15, 0.2) is 42.5 Å². The topological polar surface area (TPSA) is 97.4 Å². The van der Waals surface area contributed by atoms with Crippen molar-refractivity contribution >= 4 is 44.5 Å². The van der Waals surface area contributed by atoms with Crippen LogP contribution >= 0.6 is 11.3 Å². The summed E-state index contributed by atoms with van der Waals surface area (Å²) in [6, 6.07) is 9.77. The number of nitrogens with one attached hydrogen (secondary N) is 2. The Labute approximate surface area is 182 Å². The van der Waals surface area contributed by atoms with Crippen molar-refractivity contribution in [3.05, 3.63) is 59.4 Å². The summed E-state index contributed by atoms with van der Waals surface area (Å²) >= 11 is 1.33. The molecule has 2 amide bonds. The summed E-state index contributed by atoms with van der Waals surface area (Å²) in [7, 11) is 0. The van der Waals surface area contributed by atoms with E-state index >= 15 is 0 Å². The minimum atomic E-state index is -0.962. The van der Waals surface area contributed by atoms with Crippen LogP contribution in [-0.2, 0) is 14.3 Å². The molecule has 7 nitrogen and oxygen atoms in total. The van der Waals surface area contributed by atoms with Gasteiger partial charge >= 0.3 is 5.97 Å². The lowest BCUT2D eigenvalue weighted by atomic mass is 10.0. The van der Waals surface area contributed by atoms with Crippen molar-refractivity contribution in [1.82, 2.24) is 10.3 Å². The molecule has 3 rings (SSSR count). The van der Waals surface area contributed by atoms with Gasteiger partial charge in [-0.15, -0.1) is 0 Å². The second kappa shape index (κ2) is 9.65. The lowest BCUT2D eigenvalue weighted by molar-refractivity contribution is -0.150. The van der Waals surface area contributed by atoms with Gasteiger partial charge in [-0.05, 0) is 54.8 Å². The van der Waals surface area contributed by atoms with Gasteiger partial charge in [0.1, 0.15) is 11.9 Å². The van der Waals surface area contributed by atoms with Crippen LogP contribution < -0.4 is 10.6 Å². The highest BCUT2D eigenvalue weighted by molar-refractivity contribution is 7.22. The molecule has 0 saturated carbocycles. The zero-order chi connectivity index (χ0) is 22.5. The number of fused-ring (bicyclic) bond motifs is 1. The number of benzene rings is 2. The molecule has 0 spiro atoms. The van der Waals surface area contributed by atoms with E-state index in [4.69, 9.17) is 4.74 Å². The van der Waals surface area contributed by atoms with Gasteiger partial charge < -0.3 is 10.1 Å². The molecule has 1 aromatic heterocycles. The second-order valence-corrected chi connectivity index (χ2v) is 8.38. The van der Waals surface area contributed by atoms with Crippen LogP contribution in [-0.4, -0.2) is 35.4 Å². The van der Waals surface area contributed by atoms with Crippen LogP contribution in [0.4, 0.5) is 9.52 Å². The van der Waals surface area contributed by atoms with E-state index in [2.05, 4.69) is 15.6 Å². The molecule has 1 atom stereocenters. The predicted octanol–water partition coefficient (Wildman–Crippen LogP) is 3.68. The van der Waals surface area contributed by atoms with Crippen LogP contribution in [0.3, 0.4) is 0 Å². The van der Waals surface area contributed by atoms with Crippen molar-refractivity contribution in [2.24, 2.45) is 5.92 Å². The Hall–Kier alpha value is -3.33. The zero-order valence-electron chi connectivity index (χ0n) is 17.3. The summed E-state index contributed by atoms with van der Waals surface area (Å²) in [6.07, 6.45) is 0. The molecule has 2 N–H and O–H groups in total. The number of carbonyl (C=O) groups is 3. The van der Waals surface area contributed by atoms with Gasteiger partial charge in [-0.25, -0.2) is 14.2 Å². The normalized spacial score (nSPS) is 11.9. The summed E-state index contributed by atoms with van der Waals surface area (Å²) in [5, 5.41) is 5.59. The fourth-order valence-corrected chi connectivity index (χ4v) is 3.77. The summed E-state index contributed by atoms with van der Waals surface area (Å²) in [6.45, 7) is 4.93. The van der Waals surface area contributed by atoms with Crippen molar-refractivity contribution < 1.29 is 23.5 Å². The highest BCUT2D eigenvalue weighted by Crippen LogP contribution is 2.26. The average molecular weight is 444 g/mol. The Kier molecular flexibility index (Phi) is 6.96.